The summed E-state index contributed by atoms with van der Waals surface area (Å²) < 4.78 is 0. The number of aromatic nitrogens is 5. The zero-order valence-electron chi connectivity index (χ0n) is 17.1. The number of fused-ring (bicyclic) bond motifs is 3. The second-order valence-corrected chi connectivity index (χ2v) is 8.20. The molecule has 0 saturated carbocycles. The van der Waals surface area contributed by atoms with E-state index in [1.54, 1.807) is 0 Å². The SMILES string of the molecule is CC(C)c1n[nH]c2c1-c1nc(Cc3ccc(N4CCNCC4)cn3)ncc1CC2. The van der Waals surface area contributed by atoms with E-state index in [4.69, 9.17) is 4.98 Å². The average Bonchev–Trinajstić information content (AvgIpc) is 3.20. The molecule has 1 aliphatic carbocycles. The van der Waals surface area contributed by atoms with E-state index < -0.39 is 0 Å². The van der Waals surface area contributed by atoms with E-state index in [1.165, 1.54) is 22.5 Å². The molecule has 2 aliphatic rings. The van der Waals surface area contributed by atoms with Gasteiger partial charge in [0.15, 0.2) is 0 Å². The number of piperazine rings is 1. The van der Waals surface area contributed by atoms with Crippen molar-refractivity contribution in [3.63, 3.8) is 0 Å². The molecule has 7 nitrogen and oxygen atoms in total. The topological polar surface area (TPSA) is 82.6 Å². The molecule has 0 bridgehead atoms. The Hall–Kier alpha value is -2.80. The molecule has 1 aliphatic heterocycles. The van der Waals surface area contributed by atoms with E-state index in [2.05, 4.69) is 56.4 Å². The normalized spacial score (nSPS) is 16.0. The van der Waals surface area contributed by atoms with Crippen LogP contribution in [0.4, 0.5) is 5.69 Å². The van der Waals surface area contributed by atoms with Gasteiger partial charge in [0.25, 0.3) is 0 Å². The summed E-state index contributed by atoms with van der Waals surface area (Å²) >= 11 is 0. The number of H-pyrrole nitrogens is 1. The van der Waals surface area contributed by atoms with Crippen LogP contribution in [0, 0.1) is 0 Å². The van der Waals surface area contributed by atoms with Crippen LogP contribution < -0.4 is 10.2 Å². The molecular formula is C22H27N7. The van der Waals surface area contributed by atoms with Crippen molar-refractivity contribution in [1.29, 1.82) is 0 Å². The van der Waals surface area contributed by atoms with Gasteiger partial charge in [0.05, 0.1) is 29.7 Å². The van der Waals surface area contributed by atoms with Crippen LogP contribution in [-0.2, 0) is 19.3 Å². The Morgan fingerprint density at radius 2 is 1.93 bits per heavy atom. The minimum atomic E-state index is 0.360. The maximum Gasteiger partial charge on any atom is 0.134 e. The molecule has 0 amide bonds. The van der Waals surface area contributed by atoms with E-state index in [1.807, 2.05) is 12.4 Å². The van der Waals surface area contributed by atoms with Crippen molar-refractivity contribution in [2.24, 2.45) is 0 Å². The highest BCUT2D eigenvalue weighted by Gasteiger charge is 2.25. The van der Waals surface area contributed by atoms with Gasteiger partial charge in [0.2, 0.25) is 0 Å². The third-order valence-corrected chi connectivity index (χ3v) is 5.84. The van der Waals surface area contributed by atoms with E-state index in [0.717, 1.165) is 61.9 Å². The number of hydrogen-bond donors (Lipinski definition) is 2. The molecule has 0 atom stereocenters. The molecule has 0 aromatic carbocycles. The largest absolute Gasteiger partial charge is 0.368 e. The highest BCUT2D eigenvalue weighted by Crippen LogP contribution is 2.36. The highest BCUT2D eigenvalue weighted by atomic mass is 15.2. The van der Waals surface area contributed by atoms with Crippen LogP contribution in [0.5, 0.6) is 0 Å². The van der Waals surface area contributed by atoms with Crippen molar-refractivity contribution in [2.45, 2.75) is 39.0 Å². The summed E-state index contributed by atoms with van der Waals surface area (Å²) in [7, 11) is 0. The Labute approximate surface area is 171 Å². The first-order chi connectivity index (χ1) is 14.2. The molecule has 2 N–H and O–H groups in total. The van der Waals surface area contributed by atoms with Gasteiger partial charge in [0, 0.05) is 49.3 Å². The molecule has 3 aromatic rings. The van der Waals surface area contributed by atoms with Crippen LogP contribution in [0.15, 0.2) is 24.5 Å². The summed E-state index contributed by atoms with van der Waals surface area (Å²) in [5.41, 5.74) is 7.93. The quantitative estimate of drug-likeness (QED) is 0.713. The predicted molar refractivity (Wildman–Crippen MR) is 113 cm³/mol. The summed E-state index contributed by atoms with van der Waals surface area (Å²) in [5, 5.41) is 11.2. The van der Waals surface area contributed by atoms with Crippen molar-refractivity contribution in [3.8, 4) is 11.3 Å². The summed E-state index contributed by atoms with van der Waals surface area (Å²) in [4.78, 5) is 16.6. The molecule has 1 fully saturated rings. The number of rotatable bonds is 4. The van der Waals surface area contributed by atoms with Gasteiger partial charge in [-0.25, -0.2) is 9.97 Å². The fourth-order valence-corrected chi connectivity index (χ4v) is 4.24. The fraction of sp³-hybridized carbons (Fsp3) is 0.455. The number of anilines is 1. The Bertz CT molecular complexity index is 1000. The van der Waals surface area contributed by atoms with Gasteiger partial charge in [0.1, 0.15) is 5.82 Å². The first-order valence-electron chi connectivity index (χ1n) is 10.5. The standard InChI is InChI=1S/C22H27N7/c1-14(2)21-20-18(27-28-21)6-3-15-12-25-19(26-22(15)20)11-16-4-5-17(13-24-16)29-9-7-23-8-10-29/h4-5,12-14,23H,3,6-11H2,1-2H3,(H,27,28). The van der Waals surface area contributed by atoms with E-state index in [0.29, 0.717) is 12.3 Å². The Balaban J connectivity index is 1.40. The molecule has 0 spiro atoms. The second kappa shape index (κ2) is 7.55. The van der Waals surface area contributed by atoms with E-state index in [-0.39, 0.29) is 0 Å². The number of aryl methyl sites for hydroxylation is 2. The van der Waals surface area contributed by atoms with Gasteiger partial charge >= 0.3 is 0 Å². The smallest absolute Gasteiger partial charge is 0.134 e. The van der Waals surface area contributed by atoms with Crippen LogP contribution in [0.2, 0.25) is 0 Å². The lowest BCUT2D eigenvalue weighted by molar-refractivity contribution is 0.588. The van der Waals surface area contributed by atoms with Crippen LogP contribution in [-0.4, -0.2) is 51.3 Å². The first kappa shape index (κ1) is 18.2. The molecular weight excluding hydrogens is 362 g/mol. The van der Waals surface area contributed by atoms with Crippen molar-refractivity contribution in [1.82, 2.24) is 30.5 Å². The highest BCUT2D eigenvalue weighted by molar-refractivity contribution is 5.70. The molecule has 1 saturated heterocycles. The van der Waals surface area contributed by atoms with Crippen LogP contribution in [0.25, 0.3) is 11.3 Å². The number of nitrogens with zero attached hydrogens (tertiary/aromatic N) is 5. The Morgan fingerprint density at radius 3 is 2.69 bits per heavy atom. The predicted octanol–water partition coefficient (Wildman–Crippen LogP) is 2.48. The van der Waals surface area contributed by atoms with Crippen molar-refractivity contribution in [2.75, 3.05) is 31.1 Å². The van der Waals surface area contributed by atoms with Gasteiger partial charge in [-0.2, -0.15) is 5.10 Å². The van der Waals surface area contributed by atoms with E-state index in [9.17, 15) is 0 Å². The molecule has 7 heteroatoms. The summed E-state index contributed by atoms with van der Waals surface area (Å²) in [6.07, 6.45) is 6.54. The fourth-order valence-electron chi connectivity index (χ4n) is 4.24. The van der Waals surface area contributed by atoms with Gasteiger partial charge in [-0.1, -0.05) is 13.8 Å². The average molecular weight is 390 g/mol. The van der Waals surface area contributed by atoms with Gasteiger partial charge in [-0.3, -0.25) is 10.1 Å². The van der Waals surface area contributed by atoms with Crippen LogP contribution >= 0.6 is 0 Å². The van der Waals surface area contributed by atoms with Crippen LogP contribution in [0.1, 0.15) is 48.2 Å². The summed E-state index contributed by atoms with van der Waals surface area (Å²) in [6.45, 7) is 8.46. The molecule has 3 aromatic heterocycles. The van der Waals surface area contributed by atoms with Crippen molar-refractivity contribution < 1.29 is 0 Å². The minimum absolute atomic E-state index is 0.360. The molecule has 29 heavy (non-hydrogen) atoms. The lowest BCUT2D eigenvalue weighted by Crippen LogP contribution is -2.43. The maximum atomic E-state index is 4.95. The summed E-state index contributed by atoms with van der Waals surface area (Å²) in [6, 6.07) is 4.26. The number of aromatic amines is 1. The van der Waals surface area contributed by atoms with E-state index >= 15 is 0 Å². The molecule has 4 heterocycles. The zero-order valence-corrected chi connectivity index (χ0v) is 17.1. The Kier molecular flexibility index (Phi) is 4.75. The second-order valence-electron chi connectivity index (χ2n) is 8.20. The lowest BCUT2D eigenvalue weighted by Gasteiger charge is -2.29. The monoisotopic (exact) mass is 389 g/mol. The van der Waals surface area contributed by atoms with Crippen LogP contribution in [0.3, 0.4) is 0 Å². The summed E-state index contributed by atoms with van der Waals surface area (Å²) in [5.74, 6) is 1.17. The third kappa shape index (κ3) is 3.51. The number of pyridine rings is 1. The van der Waals surface area contributed by atoms with Crippen molar-refractivity contribution >= 4 is 5.69 Å². The zero-order chi connectivity index (χ0) is 19.8. The van der Waals surface area contributed by atoms with Gasteiger partial charge < -0.3 is 10.2 Å². The van der Waals surface area contributed by atoms with Crippen molar-refractivity contribution in [3.05, 3.63) is 53.0 Å². The molecule has 0 radical (unpaired) electrons. The number of nitrogens with one attached hydrogen (secondary N) is 2. The lowest BCUT2D eigenvalue weighted by atomic mass is 9.90. The first-order valence-corrected chi connectivity index (χ1v) is 10.5. The van der Waals surface area contributed by atoms with Gasteiger partial charge in [-0.15, -0.1) is 0 Å². The maximum absolute atomic E-state index is 4.95. The Morgan fingerprint density at radius 1 is 1.07 bits per heavy atom. The molecule has 0 unspecified atom stereocenters. The number of hydrogen-bond acceptors (Lipinski definition) is 6. The molecule has 150 valence electrons. The third-order valence-electron chi connectivity index (χ3n) is 5.84. The molecule has 5 rings (SSSR count). The minimum Gasteiger partial charge on any atom is -0.368 e. The van der Waals surface area contributed by atoms with Gasteiger partial charge in [-0.05, 0) is 36.5 Å².